The topological polar surface area (TPSA) is 66.8 Å². The smallest absolute Gasteiger partial charge is 0.342 e. The zero-order chi connectivity index (χ0) is 34.5. The summed E-state index contributed by atoms with van der Waals surface area (Å²) in [5, 5.41) is 0. The summed E-state index contributed by atoms with van der Waals surface area (Å²) in [6.45, 7) is 8.35. The molecule has 0 aromatic rings. The van der Waals surface area contributed by atoms with Gasteiger partial charge in [0.2, 0.25) is 5.91 Å². The molecule has 0 spiro atoms. The van der Waals surface area contributed by atoms with Crippen LogP contribution in [0.4, 0.5) is 0 Å². The van der Waals surface area contributed by atoms with E-state index in [4.69, 9.17) is 9.42 Å². The number of carbonyl (C=O) groups is 1. The minimum Gasteiger partial charge on any atom is -0.342 e. The largest absolute Gasteiger partial charge is 0.694 e. The molecule has 0 heterocycles. The highest BCUT2D eigenvalue weighted by molar-refractivity contribution is 7.32. The Balaban J connectivity index is 3.99. The molecule has 2 unspecified atom stereocenters. The Labute approximate surface area is 295 Å². The van der Waals surface area contributed by atoms with Gasteiger partial charge in [-0.15, -0.1) is 9.42 Å². The van der Waals surface area contributed by atoms with E-state index < -0.39 is 8.25 Å². The summed E-state index contributed by atoms with van der Waals surface area (Å²) in [5.74, 6) is 0.00995. The molecule has 0 aliphatic heterocycles. The molecule has 280 valence electrons. The molecule has 5 nitrogen and oxygen atoms in total. The van der Waals surface area contributed by atoms with Crippen LogP contribution in [0.1, 0.15) is 233 Å². The first-order chi connectivity index (χ1) is 23.0. The lowest BCUT2D eigenvalue weighted by Crippen LogP contribution is -2.37. The minimum atomic E-state index is -2.59. The second kappa shape index (κ2) is 38.3. The molecule has 1 amide bonds. The van der Waals surface area contributed by atoms with Crippen LogP contribution < -0.4 is 0 Å². The Hall–Kier alpha value is -0.510. The van der Waals surface area contributed by atoms with Crippen LogP contribution in [0.5, 0.6) is 0 Å². The second-order valence-electron chi connectivity index (χ2n) is 14.7. The monoisotopic (exact) mass is 685 g/mol. The standard InChI is InChI=1S/C41H82NO4P/c1-4-6-8-10-12-14-16-18-20-22-24-26-28-30-32-34-37-42(41(43)40(3)36-39-46-47(44)45)38-35-33-31-29-27-25-23-21-19-17-15-13-11-9-7-5-2/h40H,4-39H2,1-3H3/p+1. The second-order valence-corrected chi connectivity index (χ2v) is 15.4. The number of amides is 1. The fourth-order valence-corrected chi connectivity index (χ4v) is 7.04. The molecule has 0 bridgehead atoms. The first kappa shape index (κ1) is 46.5. The van der Waals surface area contributed by atoms with Crippen molar-refractivity contribution in [3.8, 4) is 0 Å². The van der Waals surface area contributed by atoms with E-state index >= 15 is 0 Å². The highest BCUT2D eigenvalue weighted by Crippen LogP contribution is 2.19. The van der Waals surface area contributed by atoms with Gasteiger partial charge in [0.25, 0.3) is 0 Å². The first-order valence-electron chi connectivity index (χ1n) is 21.1. The Morgan fingerprint density at radius 3 is 1.02 bits per heavy atom. The number of nitrogens with zero attached hydrogens (tertiary/aromatic N) is 1. The van der Waals surface area contributed by atoms with E-state index in [0.717, 1.165) is 25.9 Å². The molecule has 0 rings (SSSR count). The Morgan fingerprint density at radius 1 is 0.511 bits per heavy atom. The lowest BCUT2D eigenvalue weighted by Gasteiger charge is -2.26. The van der Waals surface area contributed by atoms with Crippen LogP contribution in [-0.4, -0.2) is 35.4 Å². The van der Waals surface area contributed by atoms with Crippen molar-refractivity contribution in [2.45, 2.75) is 233 Å². The fraction of sp³-hybridized carbons (Fsp3) is 0.976. The van der Waals surface area contributed by atoms with Gasteiger partial charge in [0.1, 0.15) is 6.61 Å². The first-order valence-corrected chi connectivity index (χ1v) is 22.2. The summed E-state index contributed by atoms with van der Waals surface area (Å²) in [6, 6.07) is 0. The quantitative estimate of drug-likeness (QED) is 0.0517. The molecule has 0 aliphatic rings. The van der Waals surface area contributed by atoms with Gasteiger partial charge in [-0.25, -0.2) is 0 Å². The zero-order valence-corrected chi connectivity index (χ0v) is 33.0. The molecule has 0 aliphatic carbocycles. The van der Waals surface area contributed by atoms with Gasteiger partial charge < -0.3 is 4.90 Å². The van der Waals surface area contributed by atoms with Crippen molar-refractivity contribution in [1.82, 2.24) is 4.90 Å². The molecule has 47 heavy (non-hydrogen) atoms. The van der Waals surface area contributed by atoms with Gasteiger partial charge in [-0.1, -0.05) is 213 Å². The highest BCUT2D eigenvalue weighted by Gasteiger charge is 2.22. The van der Waals surface area contributed by atoms with Gasteiger partial charge in [0.05, 0.1) is 0 Å². The van der Waals surface area contributed by atoms with Crippen LogP contribution in [0.15, 0.2) is 0 Å². The number of unbranched alkanes of at least 4 members (excludes halogenated alkanes) is 30. The van der Waals surface area contributed by atoms with E-state index in [-0.39, 0.29) is 18.4 Å². The average Bonchev–Trinajstić information content (AvgIpc) is 3.06. The Kier molecular flexibility index (Phi) is 37.9. The van der Waals surface area contributed by atoms with Crippen LogP contribution in [0.3, 0.4) is 0 Å². The van der Waals surface area contributed by atoms with E-state index in [1.54, 1.807) is 0 Å². The van der Waals surface area contributed by atoms with Crippen LogP contribution in [0, 0.1) is 5.92 Å². The van der Waals surface area contributed by atoms with Gasteiger partial charge in [0.15, 0.2) is 0 Å². The molecule has 1 N–H and O–H groups in total. The number of hydrogen-bond acceptors (Lipinski definition) is 3. The number of rotatable bonds is 39. The predicted molar refractivity (Wildman–Crippen MR) is 205 cm³/mol. The van der Waals surface area contributed by atoms with Crippen molar-refractivity contribution in [3.05, 3.63) is 0 Å². The lowest BCUT2D eigenvalue weighted by atomic mass is 10.0. The van der Waals surface area contributed by atoms with Gasteiger partial charge in [0, 0.05) is 23.6 Å². The number of hydrogen-bond donors (Lipinski definition) is 1. The summed E-state index contributed by atoms with van der Waals surface area (Å²) < 4.78 is 15.7. The summed E-state index contributed by atoms with van der Waals surface area (Å²) >= 11 is 0. The van der Waals surface area contributed by atoms with Crippen molar-refractivity contribution < 1.29 is 18.8 Å². The lowest BCUT2D eigenvalue weighted by molar-refractivity contribution is -0.135. The summed E-state index contributed by atoms with van der Waals surface area (Å²) in [4.78, 5) is 24.2. The van der Waals surface area contributed by atoms with Crippen molar-refractivity contribution in [2.24, 2.45) is 5.92 Å². The van der Waals surface area contributed by atoms with Crippen LogP contribution in [0.25, 0.3) is 0 Å². The van der Waals surface area contributed by atoms with Crippen molar-refractivity contribution in [3.63, 3.8) is 0 Å². The Morgan fingerprint density at radius 2 is 0.766 bits per heavy atom. The minimum absolute atomic E-state index is 0.157. The molecule has 0 saturated heterocycles. The van der Waals surface area contributed by atoms with Gasteiger partial charge in [-0.3, -0.25) is 4.79 Å². The summed E-state index contributed by atoms with van der Waals surface area (Å²) in [7, 11) is -2.59. The van der Waals surface area contributed by atoms with Crippen LogP contribution in [0.2, 0.25) is 0 Å². The van der Waals surface area contributed by atoms with Crippen LogP contribution in [-0.2, 0) is 13.9 Å². The highest BCUT2D eigenvalue weighted by atomic mass is 31.1. The normalized spacial score (nSPS) is 12.5. The summed E-state index contributed by atoms with van der Waals surface area (Å²) in [6.07, 6.45) is 43.9. The third-order valence-corrected chi connectivity index (χ3v) is 10.5. The zero-order valence-electron chi connectivity index (χ0n) is 32.1. The van der Waals surface area contributed by atoms with Gasteiger partial charge in [-0.2, -0.15) is 0 Å². The molecule has 0 aromatic carbocycles. The Bertz CT molecular complexity index is 625. The average molecular weight is 685 g/mol. The van der Waals surface area contributed by atoms with E-state index in [2.05, 4.69) is 18.7 Å². The number of carbonyl (C=O) groups excluding carboxylic acids is 1. The SMILES string of the molecule is CCCCCCCCCCCCCCCCCCN(CCCCCCCCCCCCCCCCCC)C(=O)C(C)CCO[P+](=O)O. The molecular formula is C41H83NO4P+. The maximum absolute atomic E-state index is 13.2. The predicted octanol–water partition coefficient (Wildman–Crippen LogP) is 14.0. The summed E-state index contributed by atoms with van der Waals surface area (Å²) in [5.41, 5.74) is 0. The van der Waals surface area contributed by atoms with Crippen LogP contribution >= 0.6 is 8.25 Å². The molecule has 0 aromatic heterocycles. The van der Waals surface area contributed by atoms with Crippen molar-refractivity contribution >= 4 is 14.2 Å². The van der Waals surface area contributed by atoms with E-state index in [0.29, 0.717) is 6.42 Å². The van der Waals surface area contributed by atoms with E-state index in [1.165, 1.54) is 193 Å². The maximum Gasteiger partial charge on any atom is 0.694 e. The van der Waals surface area contributed by atoms with Crippen molar-refractivity contribution in [1.29, 1.82) is 0 Å². The maximum atomic E-state index is 13.2. The molecule has 6 heteroatoms. The van der Waals surface area contributed by atoms with E-state index in [9.17, 15) is 9.36 Å². The fourth-order valence-electron chi connectivity index (χ4n) is 6.78. The third-order valence-electron chi connectivity index (χ3n) is 10.0. The third kappa shape index (κ3) is 35.1. The molecule has 0 radical (unpaired) electrons. The van der Waals surface area contributed by atoms with Crippen molar-refractivity contribution in [2.75, 3.05) is 19.7 Å². The van der Waals surface area contributed by atoms with Gasteiger partial charge >= 0.3 is 8.25 Å². The van der Waals surface area contributed by atoms with E-state index in [1.807, 2.05) is 6.92 Å². The molecule has 2 atom stereocenters. The van der Waals surface area contributed by atoms with Gasteiger partial charge in [-0.05, 0) is 19.3 Å². The molecular weight excluding hydrogens is 601 g/mol. The molecule has 0 fully saturated rings. The molecule has 0 saturated carbocycles.